The van der Waals surface area contributed by atoms with E-state index in [-0.39, 0.29) is 17.9 Å². The Balaban J connectivity index is 1.96. The molecule has 1 aliphatic heterocycles. The number of fused-ring (bicyclic) bond motifs is 3. The molecule has 1 aromatic carbocycles. The van der Waals surface area contributed by atoms with Crippen LogP contribution in [-0.4, -0.2) is 67.0 Å². The molecule has 0 radical (unpaired) electrons. The molecule has 1 N–H and O–H groups in total. The van der Waals surface area contributed by atoms with Crippen molar-refractivity contribution in [2.45, 2.75) is 26.8 Å². The molecule has 2 heterocycles. The maximum absolute atomic E-state index is 12.7. The predicted molar refractivity (Wildman–Crippen MR) is 112 cm³/mol. The molecule has 8 nitrogen and oxygen atoms in total. The summed E-state index contributed by atoms with van der Waals surface area (Å²) in [7, 11) is 3.12. The second kappa shape index (κ2) is 9.21. The van der Waals surface area contributed by atoms with E-state index in [2.05, 4.69) is 4.90 Å². The first kappa shape index (κ1) is 21.7. The third kappa shape index (κ3) is 4.00. The zero-order chi connectivity index (χ0) is 21.8. The summed E-state index contributed by atoms with van der Waals surface area (Å²) in [6.45, 7) is 7.06. The van der Waals surface area contributed by atoms with Crippen molar-refractivity contribution in [1.29, 1.82) is 0 Å². The van der Waals surface area contributed by atoms with Crippen LogP contribution in [0.1, 0.15) is 40.3 Å². The van der Waals surface area contributed by atoms with Crippen LogP contribution in [0.2, 0.25) is 0 Å². The maximum atomic E-state index is 12.7. The van der Waals surface area contributed by atoms with Crippen molar-refractivity contribution >= 4 is 11.9 Å². The lowest BCUT2D eigenvalue weighted by atomic mass is 9.97. The average molecular weight is 416 g/mol. The van der Waals surface area contributed by atoms with Crippen molar-refractivity contribution in [2.24, 2.45) is 0 Å². The quantitative estimate of drug-likeness (QED) is 0.629. The number of methoxy groups -OCH3 is 2. The number of aromatic carboxylic acids is 1. The highest BCUT2D eigenvalue weighted by atomic mass is 16.5. The highest BCUT2D eigenvalue weighted by molar-refractivity contribution is 6.03. The third-order valence-corrected chi connectivity index (χ3v) is 5.54. The molecule has 0 saturated heterocycles. The molecule has 0 saturated carbocycles. The van der Waals surface area contributed by atoms with Gasteiger partial charge >= 0.3 is 11.9 Å². The van der Waals surface area contributed by atoms with Crippen LogP contribution in [0.25, 0.3) is 11.3 Å². The molecule has 3 rings (SSSR count). The number of likely N-dealkylation sites (N-methyl/N-ethyl adjacent to an activating group) is 1. The van der Waals surface area contributed by atoms with Gasteiger partial charge in [0.15, 0.2) is 11.5 Å². The van der Waals surface area contributed by atoms with E-state index in [9.17, 15) is 14.7 Å². The number of carboxylic acids is 1. The van der Waals surface area contributed by atoms with Crippen LogP contribution < -0.4 is 9.47 Å². The molecule has 1 aliphatic rings. The summed E-state index contributed by atoms with van der Waals surface area (Å²) in [6, 6.07) is 5.32. The minimum absolute atomic E-state index is 0.0433. The number of hydrogen-bond acceptors (Lipinski definition) is 6. The van der Waals surface area contributed by atoms with Gasteiger partial charge in [0.1, 0.15) is 12.3 Å². The monoisotopic (exact) mass is 416 g/mol. The number of carbonyl (C=O) groups is 2. The van der Waals surface area contributed by atoms with E-state index in [0.717, 1.165) is 24.2 Å². The van der Waals surface area contributed by atoms with Crippen LogP contribution in [0.3, 0.4) is 0 Å². The summed E-state index contributed by atoms with van der Waals surface area (Å²) in [4.78, 5) is 26.8. The summed E-state index contributed by atoms with van der Waals surface area (Å²) in [5.41, 5.74) is 2.52. The number of carbonyl (C=O) groups excluding carboxylic acids is 1. The first-order valence-electron chi connectivity index (χ1n) is 10.1. The van der Waals surface area contributed by atoms with Gasteiger partial charge in [0, 0.05) is 24.3 Å². The van der Waals surface area contributed by atoms with Gasteiger partial charge in [-0.3, -0.25) is 0 Å². The van der Waals surface area contributed by atoms with E-state index < -0.39 is 11.9 Å². The minimum Gasteiger partial charge on any atom is -0.493 e. The van der Waals surface area contributed by atoms with Gasteiger partial charge in [-0.2, -0.15) is 0 Å². The van der Waals surface area contributed by atoms with Crippen molar-refractivity contribution < 1.29 is 28.9 Å². The lowest BCUT2D eigenvalue weighted by Crippen LogP contribution is -2.28. The Morgan fingerprint density at radius 3 is 2.37 bits per heavy atom. The summed E-state index contributed by atoms with van der Waals surface area (Å²) in [5.74, 6) is -0.610. The third-order valence-electron chi connectivity index (χ3n) is 5.54. The van der Waals surface area contributed by atoms with E-state index in [0.29, 0.717) is 36.7 Å². The van der Waals surface area contributed by atoms with Gasteiger partial charge in [-0.05, 0) is 43.3 Å². The van der Waals surface area contributed by atoms with Crippen molar-refractivity contribution in [3.63, 3.8) is 0 Å². The minimum atomic E-state index is -1.15. The Hall–Kier alpha value is -3.00. The normalized spacial score (nSPS) is 12.3. The van der Waals surface area contributed by atoms with Crippen molar-refractivity contribution in [2.75, 3.05) is 40.5 Å². The number of aromatic nitrogens is 1. The van der Waals surface area contributed by atoms with Gasteiger partial charge in [-0.25, -0.2) is 9.59 Å². The molecule has 0 spiro atoms. The lowest BCUT2D eigenvalue weighted by Gasteiger charge is -2.22. The lowest BCUT2D eigenvalue weighted by molar-refractivity contribution is 0.0456. The largest absolute Gasteiger partial charge is 0.493 e. The van der Waals surface area contributed by atoms with Crippen LogP contribution >= 0.6 is 0 Å². The molecule has 0 atom stereocenters. The topological polar surface area (TPSA) is 90.2 Å². The molecule has 8 heteroatoms. The fourth-order valence-corrected chi connectivity index (χ4v) is 3.87. The molecular formula is C22H28N2O6. The van der Waals surface area contributed by atoms with Crippen LogP contribution in [0.4, 0.5) is 0 Å². The zero-order valence-corrected chi connectivity index (χ0v) is 17.9. The Bertz CT molecular complexity index is 946. The van der Waals surface area contributed by atoms with E-state index in [4.69, 9.17) is 14.2 Å². The first-order valence-corrected chi connectivity index (χ1v) is 10.1. The molecule has 0 fully saturated rings. The summed E-state index contributed by atoms with van der Waals surface area (Å²) in [5, 5.41) is 9.80. The number of aryl methyl sites for hydroxylation is 1. The number of esters is 1. The van der Waals surface area contributed by atoms with Gasteiger partial charge in [-0.1, -0.05) is 13.8 Å². The second-order valence-electron chi connectivity index (χ2n) is 7.03. The van der Waals surface area contributed by atoms with Crippen molar-refractivity contribution in [3.05, 3.63) is 35.0 Å². The highest BCUT2D eigenvalue weighted by Crippen LogP contribution is 2.40. The molecule has 0 unspecified atom stereocenters. The van der Waals surface area contributed by atoms with E-state index in [1.165, 1.54) is 0 Å². The molecule has 162 valence electrons. The summed E-state index contributed by atoms with van der Waals surface area (Å²) in [6.07, 6.45) is 0.619. The number of ether oxygens (including phenoxy) is 3. The Labute approximate surface area is 175 Å². The SMILES string of the molecule is CCN(CC)CCOC(=O)c1cc2n(c1C(=O)O)CCc1cc(OC)c(OC)cc1-2. The maximum Gasteiger partial charge on any atom is 0.353 e. The number of carboxylic acid groups (broad SMARTS) is 1. The molecule has 0 aliphatic carbocycles. The Morgan fingerprint density at radius 2 is 1.77 bits per heavy atom. The molecule has 2 aromatic rings. The first-order chi connectivity index (χ1) is 14.4. The number of hydrogen-bond donors (Lipinski definition) is 1. The molecule has 30 heavy (non-hydrogen) atoms. The highest BCUT2D eigenvalue weighted by Gasteiger charge is 2.30. The van der Waals surface area contributed by atoms with Gasteiger partial charge in [-0.15, -0.1) is 0 Å². The molecule has 1 aromatic heterocycles. The fraction of sp³-hybridized carbons (Fsp3) is 0.455. The van der Waals surface area contributed by atoms with Gasteiger partial charge in [0.05, 0.1) is 19.8 Å². The smallest absolute Gasteiger partial charge is 0.353 e. The van der Waals surface area contributed by atoms with Crippen LogP contribution in [0.5, 0.6) is 11.5 Å². The zero-order valence-electron chi connectivity index (χ0n) is 17.9. The Morgan fingerprint density at radius 1 is 1.10 bits per heavy atom. The van der Waals surface area contributed by atoms with E-state index >= 15 is 0 Å². The molecular weight excluding hydrogens is 388 g/mol. The van der Waals surface area contributed by atoms with Crippen molar-refractivity contribution in [1.82, 2.24) is 9.47 Å². The molecule has 0 bridgehead atoms. The predicted octanol–water partition coefficient (Wildman–Crippen LogP) is 2.93. The van der Waals surface area contributed by atoms with E-state index in [1.807, 2.05) is 26.0 Å². The second-order valence-corrected chi connectivity index (χ2v) is 7.03. The number of benzene rings is 1. The van der Waals surface area contributed by atoms with Gasteiger partial charge in [0.2, 0.25) is 0 Å². The summed E-state index contributed by atoms with van der Waals surface area (Å²) < 4.78 is 17.8. The van der Waals surface area contributed by atoms with Crippen LogP contribution in [0, 0.1) is 0 Å². The van der Waals surface area contributed by atoms with Crippen LogP contribution in [-0.2, 0) is 17.7 Å². The van der Waals surface area contributed by atoms with Gasteiger partial charge < -0.3 is 28.8 Å². The van der Waals surface area contributed by atoms with E-state index in [1.54, 1.807) is 24.9 Å². The van der Waals surface area contributed by atoms with Crippen molar-refractivity contribution in [3.8, 4) is 22.8 Å². The number of rotatable bonds is 9. The average Bonchev–Trinajstić information content (AvgIpc) is 3.16. The Kier molecular flexibility index (Phi) is 6.66. The molecule has 0 amide bonds. The number of nitrogens with zero attached hydrogens (tertiary/aromatic N) is 2. The van der Waals surface area contributed by atoms with Crippen LogP contribution in [0.15, 0.2) is 18.2 Å². The summed E-state index contributed by atoms with van der Waals surface area (Å²) >= 11 is 0. The van der Waals surface area contributed by atoms with Gasteiger partial charge in [0.25, 0.3) is 0 Å². The fourth-order valence-electron chi connectivity index (χ4n) is 3.87. The standard InChI is InChI=1S/C22H28N2O6/c1-5-23(6-2)9-10-30-22(27)16-12-17-15-13-19(29-4)18(28-3)11-14(15)7-8-24(17)20(16)21(25)26/h11-13H,5-10H2,1-4H3,(H,25,26).